The average Bonchev–Trinajstić information content (AvgIpc) is 2.83. The Labute approximate surface area is 109 Å². The van der Waals surface area contributed by atoms with Gasteiger partial charge in [-0.1, -0.05) is 18.2 Å². The van der Waals surface area contributed by atoms with Crippen LogP contribution in [0.1, 0.15) is 0 Å². The minimum atomic E-state index is -3.70. The fraction of sp³-hybridized carbons (Fsp3) is 0. The van der Waals surface area contributed by atoms with Gasteiger partial charge in [0.2, 0.25) is 0 Å². The molecule has 0 saturated carbocycles. The Morgan fingerprint density at radius 1 is 1.05 bits per heavy atom. The molecule has 0 radical (unpaired) electrons. The zero-order chi connectivity index (χ0) is 13.5. The molecule has 0 bridgehead atoms. The van der Waals surface area contributed by atoms with Crippen LogP contribution in [0.25, 0.3) is 11.0 Å². The van der Waals surface area contributed by atoms with E-state index in [2.05, 4.69) is 4.98 Å². The lowest BCUT2D eigenvalue weighted by Crippen LogP contribution is -2.11. The summed E-state index contributed by atoms with van der Waals surface area (Å²) in [6, 6.07) is 11.8. The lowest BCUT2D eigenvalue weighted by atomic mass is 10.3. The van der Waals surface area contributed by atoms with Crippen molar-refractivity contribution in [2.24, 2.45) is 0 Å². The zero-order valence-corrected chi connectivity index (χ0v) is 10.5. The van der Waals surface area contributed by atoms with Gasteiger partial charge in [-0.05, 0) is 24.3 Å². The highest BCUT2D eigenvalue weighted by atomic mass is 32.2. The topological polar surface area (TPSA) is 52.0 Å². The van der Waals surface area contributed by atoms with E-state index < -0.39 is 15.8 Å². The van der Waals surface area contributed by atoms with Crippen LogP contribution in [0, 0.1) is 5.82 Å². The first-order chi connectivity index (χ1) is 9.09. The third kappa shape index (κ3) is 1.90. The maximum absolute atomic E-state index is 13.1. The SMILES string of the molecule is O=S(=O)(c1ccccc1)n1cnc2cc(F)ccc21. The molecule has 0 atom stereocenters. The van der Waals surface area contributed by atoms with Crippen molar-refractivity contribution in [3.05, 3.63) is 60.7 Å². The Balaban J connectivity index is 2.25. The summed E-state index contributed by atoms with van der Waals surface area (Å²) in [5, 5.41) is 0. The van der Waals surface area contributed by atoms with Crippen LogP contribution in [0.4, 0.5) is 4.39 Å². The molecule has 0 saturated heterocycles. The largest absolute Gasteiger partial charge is 0.269 e. The average molecular weight is 276 g/mol. The second-order valence-electron chi connectivity index (χ2n) is 3.99. The monoisotopic (exact) mass is 276 g/mol. The van der Waals surface area contributed by atoms with Crippen LogP contribution in [0.15, 0.2) is 59.8 Å². The Morgan fingerprint density at radius 3 is 2.53 bits per heavy atom. The fourth-order valence-electron chi connectivity index (χ4n) is 1.86. The van der Waals surface area contributed by atoms with Crippen molar-refractivity contribution in [3.8, 4) is 0 Å². The highest BCUT2D eigenvalue weighted by molar-refractivity contribution is 7.90. The highest BCUT2D eigenvalue weighted by Crippen LogP contribution is 2.20. The van der Waals surface area contributed by atoms with Gasteiger partial charge >= 0.3 is 0 Å². The molecule has 0 amide bonds. The molecule has 19 heavy (non-hydrogen) atoms. The van der Waals surface area contributed by atoms with E-state index in [1.165, 1.54) is 36.7 Å². The molecule has 0 N–H and O–H groups in total. The van der Waals surface area contributed by atoms with E-state index in [0.717, 1.165) is 3.97 Å². The Kier molecular flexibility index (Phi) is 2.60. The number of hydrogen-bond acceptors (Lipinski definition) is 3. The van der Waals surface area contributed by atoms with Gasteiger partial charge in [-0.25, -0.2) is 21.8 Å². The number of benzene rings is 2. The van der Waals surface area contributed by atoms with E-state index in [9.17, 15) is 12.8 Å². The molecule has 0 aliphatic heterocycles. The smallest absolute Gasteiger partial charge is 0.235 e. The molecule has 1 aromatic heterocycles. The van der Waals surface area contributed by atoms with E-state index in [-0.39, 0.29) is 4.90 Å². The number of nitrogens with zero attached hydrogens (tertiary/aromatic N) is 2. The van der Waals surface area contributed by atoms with Crippen molar-refractivity contribution in [2.75, 3.05) is 0 Å². The minimum Gasteiger partial charge on any atom is -0.235 e. The fourth-order valence-corrected chi connectivity index (χ4v) is 3.17. The number of aromatic nitrogens is 2. The predicted octanol–water partition coefficient (Wildman–Crippen LogP) is 2.41. The van der Waals surface area contributed by atoms with Gasteiger partial charge in [0.1, 0.15) is 12.1 Å². The van der Waals surface area contributed by atoms with Gasteiger partial charge in [-0.3, -0.25) is 0 Å². The van der Waals surface area contributed by atoms with Crippen LogP contribution >= 0.6 is 0 Å². The van der Waals surface area contributed by atoms with Crippen molar-refractivity contribution in [3.63, 3.8) is 0 Å². The summed E-state index contributed by atoms with van der Waals surface area (Å²) >= 11 is 0. The number of imidazole rings is 1. The quantitative estimate of drug-likeness (QED) is 0.722. The molecule has 0 aliphatic rings. The van der Waals surface area contributed by atoms with Crippen LogP contribution in [0.5, 0.6) is 0 Å². The summed E-state index contributed by atoms with van der Waals surface area (Å²) in [7, 11) is -3.70. The number of fused-ring (bicyclic) bond motifs is 1. The molecule has 3 aromatic rings. The van der Waals surface area contributed by atoms with Gasteiger partial charge < -0.3 is 0 Å². The second kappa shape index (κ2) is 4.17. The van der Waals surface area contributed by atoms with E-state index in [1.54, 1.807) is 18.2 Å². The van der Waals surface area contributed by atoms with Gasteiger partial charge in [-0.15, -0.1) is 0 Å². The molecule has 0 unspecified atom stereocenters. The Hall–Kier alpha value is -2.21. The first kappa shape index (κ1) is 11.9. The molecule has 1 heterocycles. The first-order valence-corrected chi connectivity index (χ1v) is 6.96. The van der Waals surface area contributed by atoms with Crippen molar-refractivity contribution >= 4 is 21.1 Å². The van der Waals surface area contributed by atoms with Crippen LogP contribution in [-0.2, 0) is 10.0 Å². The van der Waals surface area contributed by atoms with Gasteiger partial charge in [0.25, 0.3) is 10.0 Å². The lowest BCUT2D eigenvalue weighted by molar-refractivity contribution is 0.588. The molecule has 0 aliphatic carbocycles. The Morgan fingerprint density at radius 2 is 1.79 bits per heavy atom. The maximum Gasteiger partial charge on any atom is 0.269 e. The highest BCUT2D eigenvalue weighted by Gasteiger charge is 2.19. The molecule has 4 nitrogen and oxygen atoms in total. The summed E-state index contributed by atoms with van der Waals surface area (Å²) in [6.07, 6.45) is 1.19. The third-order valence-electron chi connectivity index (χ3n) is 2.78. The predicted molar refractivity (Wildman–Crippen MR) is 68.7 cm³/mol. The van der Waals surface area contributed by atoms with Crippen LogP contribution < -0.4 is 0 Å². The van der Waals surface area contributed by atoms with E-state index in [0.29, 0.717) is 11.0 Å². The second-order valence-corrected chi connectivity index (χ2v) is 5.81. The lowest BCUT2D eigenvalue weighted by Gasteiger charge is -2.06. The van der Waals surface area contributed by atoms with Crippen molar-refractivity contribution in [1.29, 1.82) is 0 Å². The molecule has 6 heteroatoms. The summed E-state index contributed by atoms with van der Waals surface area (Å²) in [5.74, 6) is -0.449. The Bertz CT molecular complexity index is 841. The third-order valence-corrected chi connectivity index (χ3v) is 4.45. The van der Waals surface area contributed by atoms with E-state index in [1.807, 2.05) is 0 Å². The molecule has 96 valence electrons. The van der Waals surface area contributed by atoms with E-state index in [4.69, 9.17) is 0 Å². The molecular formula is C13H9FN2O2S. The number of hydrogen-bond donors (Lipinski definition) is 0. The van der Waals surface area contributed by atoms with E-state index >= 15 is 0 Å². The standard InChI is InChI=1S/C13H9FN2O2S/c14-10-6-7-13-12(8-10)15-9-16(13)19(17,18)11-4-2-1-3-5-11/h1-9H. The summed E-state index contributed by atoms with van der Waals surface area (Å²) in [5.41, 5.74) is 0.657. The summed E-state index contributed by atoms with van der Waals surface area (Å²) < 4.78 is 39.0. The van der Waals surface area contributed by atoms with Crippen molar-refractivity contribution in [1.82, 2.24) is 8.96 Å². The van der Waals surface area contributed by atoms with Gasteiger partial charge in [0.05, 0.1) is 15.9 Å². The molecule has 0 spiro atoms. The molecular weight excluding hydrogens is 267 g/mol. The molecule has 3 rings (SSSR count). The minimum absolute atomic E-state index is 0.165. The van der Waals surface area contributed by atoms with Crippen LogP contribution in [0.3, 0.4) is 0 Å². The zero-order valence-electron chi connectivity index (χ0n) is 9.69. The van der Waals surface area contributed by atoms with Crippen molar-refractivity contribution in [2.45, 2.75) is 4.90 Å². The first-order valence-electron chi connectivity index (χ1n) is 5.52. The summed E-state index contributed by atoms with van der Waals surface area (Å²) in [6.45, 7) is 0. The molecule has 2 aromatic carbocycles. The van der Waals surface area contributed by atoms with Crippen LogP contribution in [0.2, 0.25) is 0 Å². The van der Waals surface area contributed by atoms with Crippen molar-refractivity contribution < 1.29 is 12.8 Å². The number of halogens is 1. The van der Waals surface area contributed by atoms with Crippen LogP contribution in [-0.4, -0.2) is 17.4 Å². The maximum atomic E-state index is 13.1. The number of rotatable bonds is 2. The van der Waals surface area contributed by atoms with Gasteiger partial charge in [0.15, 0.2) is 0 Å². The van der Waals surface area contributed by atoms with Gasteiger partial charge in [-0.2, -0.15) is 0 Å². The molecule has 0 fully saturated rings. The summed E-state index contributed by atoms with van der Waals surface area (Å²) in [4.78, 5) is 4.08. The van der Waals surface area contributed by atoms with Gasteiger partial charge in [0, 0.05) is 6.07 Å². The normalized spacial score (nSPS) is 11.8.